The fourth-order valence-corrected chi connectivity index (χ4v) is 2.78. The van der Waals surface area contributed by atoms with Gasteiger partial charge in [-0.15, -0.1) is 0 Å². The van der Waals surface area contributed by atoms with Gasteiger partial charge in [0.2, 0.25) is 5.91 Å². The van der Waals surface area contributed by atoms with Crippen LogP contribution in [0.5, 0.6) is 0 Å². The summed E-state index contributed by atoms with van der Waals surface area (Å²) in [5.41, 5.74) is 6.22. The van der Waals surface area contributed by atoms with Crippen molar-refractivity contribution in [2.24, 2.45) is 11.1 Å². The topological polar surface area (TPSA) is 55.1 Å². The molecule has 1 aliphatic carbocycles. The molecule has 1 saturated carbocycles. The zero-order chi connectivity index (χ0) is 13.5. The van der Waals surface area contributed by atoms with Crippen molar-refractivity contribution in [3.63, 3.8) is 0 Å². The first-order valence-electron chi connectivity index (χ1n) is 6.35. The van der Waals surface area contributed by atoms with Crippen LogP contribution in [0.25, 0.3) is 10.8 Å². The van der Waals surface area contributed by atoms with Crippen molar-refractivity contribution in [3.05, 3.63) is 40.9 Å². The van der Waals surface area contributed by atoms with Crippen molar-refractivity contribution in [1.29, 1.82) is 0 Å². The lowest BCUT2D eigenvalue weighted by molar-refractivity contribution is -0.120. The second-order valence-electron chi connectivity index (χ2n) is 5.08. The van der Waals surface area contributed by atoms with Gasteiger partial charge in [0.15, 0.2) is 0 Å². The normalized spacial score (nSPS) is 16.3. The van der Waals surface area contributed by atoms with Crippen LogP contribution in [0.1, 0.15) is 12.8 Å². The van der Waals surface area contributed by atoms with Gasteiger partial charge in [0.05, 0.1) is 5.41 Å². The first-order valence-corrected chi connectivity index (χ1v) is 7.14. The first-order chi connectivity index (χ1) is 9.16. The summed E-state index contributed by atoms with van der Waals surface area (Å²) in [5.74, 6) is 0.0440. The van der Waals surface area contributed by atoms with Gasteiger partial charge >= 0.3 is 0 Å². The van der Waals surface area contributed by atoms with Crippen LogP contribution in [0.2, 0.25) is 0 Å². The molecule has 0 atom stereocenters. The highest BCUT2D eigenvalue weighted by molar-refractivity contribution is 9.10. The first kappa shape index (κ1) is 12.6. The molecule has 0 spiro atoms. The van der Waals surface area contributed by atoms with Gasteiger partial charge in [-0.1, -0.05) is 40.2 Å². The molecule has 4 heteroatoms. The Morgan fingerprint density at radius 1 is 1.21 bits per heavy atom. The van der Waals surface area contributed by atoms with E-state index < -0.39 is 0 Å². The lowest BCUT2D eigenvalue weighted by Crippen LogP contribution is -2.30. The van der Waals surface area contributed by atoms with Crippen LogP contribution in [0, 0.1) is 5.41 Å². The van der Waals surface area contributed by atoms with Gasteiger partial charge in [0.25, 0.3) is 0 Å². The van der Waals surface area contributed by atoms with Gasteiger partial charge in [-0.25, -0.2) is 0 Å². The zero-order valence-corrected chi connectivity index (χ0v) is 12.0. The van der Waals surface area contributed by atoms with Crippen LogP contribution in [0.15, 0.2) is 40.9 Å². The van der Waals surface area contributed by atoms with Crippen LogP contribution >= 0.6 is 15.9 Å². The summed E-state index contributed by atoms with van der Waals surface area (Å²) in [4.78, 5) is 12.3. The third-order valence-corrected chi connectivity index (χ3v) is 4.54. The Morgan fingerprint density at radius 3 is 2.53 bits per heavy atom. The second-order valence-corrected chi connectivity index (χ2v) is 5.93. The number of nitrogens with two attached hydrogens (primary N) is 1. The minimum absolute atomic E-state index is 0.0440. The quantitative estimate of drug-likeness (QED) is 0.912. The second kappa shape index (κ2) is 4.62. The number of anilines is 1. The standard InChI is InChI=1S/C15H15BrN2O/c16-12-5-6-13(11-4-2-1-3-10(11)12)18-14(19)15(9-17)7-8-15/h1-6H,7-9,17H2,(H,18,19). The number of hydrogen-bond acceptors (Lipinski definition) is 2. The monoisotopic (exact) mass is 318 g/mol. The molecule has 3 rings (SSSR count). The molecule has 0 unspecified atom stereocenters. The highest BCUT2D eigenvalue weighted by atomic mass is 79.9. The maximum Gasteiger partial charge on any atom is 0.231 e. The third-order valence-electron chi connectivity index (χ3n) is 3.85. The van der Waals surface area contributed by atoms with Gasteiger partial charge in [-0.2, -0.15) is 0 Å². The number of rotatable bonds is 3. The van der Waals surface area contributed by atoms with E-state index in [4.69, 9.17) is 5.73 Å². The Kier molecular flexibility index (Phi) is 3.07. The van der Waals surface area contributed by atoms with E-state index >= 15 is 0 Å². The molecular weight excluding hydrogens is 304 g/mol. The molecular formula is C15H15BrN2O. The van der Waals surface area contributed by atoms with Gasteiger partial charge in [0, 0.05) is 22.1 Å². The molecule has 0 aromatic heterocycles. The van der Waals surface area contributed by atoms with Crippen LogP contribution < -0.4 is 11.1 Å². The van der Waals surface area contributed by atoms with Gasteiger partial charge < -0.3 is 11.1 Å². The van der Waals surface area contributed by atoms with Crippen LogP contribution in [-0.2, 0) is 4.79 Å². The van der Waals surface area contributed by atoms with E-state index in [9.17, 15) is 4.79 Å². The van der Waals surface area contributed by atoms with E-state index in [1.54, 1.807) is 0 Å². The highest BCUT2D eigenvalue weighted by Gasteiger charge is 2.48. The summed E-state index contributed by atoms with van der Waals surface area (Å²) >= 11 is 3.53. The van der Waals surface area contributed by atoms with E-state index in [0.717, 1.165) is 33.8 Å². The molecule has 0 aliphatic heterocycles. The SMILES string of the molecule is NCC1(C(=O)Nc2ccc(Br)c3ccccc23)CC1. The highest BCUT2D eigenvalue weighted by Crippen LogP contribution is 2.45. The molecule has 19 heavy (non-hydrogen) atoms. The Bertz CT molecular complexity index is 650. The van der Waals surface area contributed by atoms with Crippen molar-refractivity contribution < 1.29 is 4.79 Å². The van der Waals surface area contributed by atoms with E-state index in [2.05, 4.69) is 21.2 Å². The zero-order valence-electron chi connectivity index (χ0n) is 10.4. The molecule has 1 aliphatic rings. The summed E-state index contributed by atoms with van der Waals surface area (Å²) in [6.45, 7) is 0.424. The van der Waals surface area contributed by atoms with Gasteiger partial charge in [-0.05, 0) is 30.4 Å². The van der Waals surface area contributed by atoms with Gasteiger partial charge in [-0.3, -0.25) is 4.79 Å². The molecule has 1 fully saturated rings. The third kappa shape index (κ3) is 2.15. The Balaban J connectivity index is 1.98. The van der Waals surface area contributed by atoms with E-state index in [1.165, 1.54) is 0 Å². The molecule has 98 valence electrons. The number of amides is 1. The molecule has 0 radical (unpaired) electrons. The predicted octanol–water partition coefficient (Wildman–Crippen LogP) is 3.28. The summed E-state index contributed by atoms with van der Waals surface area (Å²) in [6, 6.07) is 11.9. The van der Waals surface area contributed by atoms with Crippen LogP contribution in [0.3, 0.4) is 0 Å². The smallest absolute Gasteiger partial charge is 0.231 e. The molecule has 0 saturated heterocycles. The molecule has 2 aromatic carbocycles. The fraction of sp³-hybridized carbons (Fsp3) is 0.267. The number of halogens is 1. The van der Waals surface area contributed by atoms with E-state index in [1.807, 2.05) is 36.4 Å². The van der Waals surface area contributed by atoms with Crippen molar-refractivity contribution in [1.82, 2.24) is 0 Å². The maximum atomic E-state index is 12.3. The van der Waals surface area contributed by atoms with Crippen molar-refractivity contribution >= 4 is 38.3 Å². The summed E-state index contributed by atoms with van der Waals surface area (Å²) in [6.07, 6.45) is 1.79. The lowest BCUT2D eigenvalue weighted by Gasteiger charge is -2.15. The minimum atomic E-state index is -0.325. The Labute approximate surface area is 120 Å². The van der Waals surface area contributed by atoms with E-state index in [-0.39, 0.29) is 11.3 Å². The number of carbonyl (C=O) groups excluding carboxylic acids is 1. The molecule has 0 bridgehead atoms. The number of nitrogens with one attached hydrogen (secondary N) is 1. The number of hydrogen-bond donors (Lipinski definition) is 2. The Hall–Kier alpha value is -1.39. The fourth-order valence-electron chi connectivity index (χ4n) is 2.30. The van der Waals surface area contributed by atoms with Crippen molar-refractivity contribution in [2.45, 2.75) is 12.8 Å². The number of carbonyl (C=O) groups is 1. The summed E-state index contributed by atoms with van der Waals surface area (Å²) in [5, 5.41) is 5.16. The minimum Gasteiger partial charge on any atom is -0.329 e. The average molecular weight is 319 g/mol. The largest absolute Gasteiger partial charge is 0.329 e. The molecule has 0 heterocycles. The number of fused-ring (bicyclic) bond motifs is 1. The summed E-state index contributed by atoms with van der Waals surface area (Å²) < 4.78 is 1.03. The molecule has 2 aromatic rings. The maximum absolute atomic E-state index is 12.3. The lowest BCUT2D eigenvalue weighted by atomic mass is 10.1. The summed E-state index contributed by atoms with van der Waals surface area (Å²) in [7, 11) is 0. The molecule has 1 amide bonds. The molecule has 3 N–H and O–H groups in total. The van der Waals surface area contributed by atoms with Crippen molar-refractivity contribution in [2.75, 3.05) is 11.9 Å². The Morgan fingerprint density at radius 2 is 1.89 bits per heavy atom. The molecule has 3 nitrogen and oxygen atoms in total. The average Bonchev–Trinajstić information content (AvgIpc) is 3.23. The van der Waals surface area contributed by atoms with Crippen molar-refractivity contribution in [3.8, 4) is 0 Å². The van der Waals surface area contributed by atoms with Crippen LogP contribution in [-0.4, -0.2) is 12.5 Å². The predicted molar refractivity (Wildman–Crippen MR) is 81.0 cm³/mol. The van der Waals surface area contributed by atoms with Gasteiger partial charge in [0.1, 0.15) is 0 Å². The van der Waals surface area contributed by atoms with E-state index in [0.29, 0.717) is 6.54 Å². The number of benzene rings is 2. The van der Waals surface area contributed by atoms with Crippen LogP contribution in [0.4, 0.5) is 5.69 Å².